The first-order valence-corrected chi connectivity index (χ1v) is 6.87. The lowest BCUT2D eigenvalue weighted by Crippen LogP contribution is -2.36. The Kier molecular flexibility index (Phi) is 6.36. The van der Waals surface area contributed by atoms with Crippen LogP contribution in [0.3, 0.4) is 0 Å². The van der Waals surface area contributed by atoms with Gasteiger partial charge in [0.05, 0.1) is 0 Å². The van der Waals surface area contributed by atoms with Gasteiger partial charge in [-0.1, -0.05) is 49.3 Å². The van der Waals surface area contributed by atoms with Gasteiger partial charge in [-0.2, -0.15) is 0 Å². The number of hydrogen-bond acceptors (Lipinski definition) is 3. The van der Waals surface area contributed by atoms with Gasteiger partial charge < -0.3 is 10.9 Å². The van der Waals surface area contributed by atoms with E-state index >= 15 is 0 Å². The molecule has 3 N–H and O–H groups in total. The standard InChI is InChI=1S/C15H25N3O/c1-4-13(5-2)18(3)14(11-15(16)17-19)12-9-7-6-8-10-12/h6-10,13-14,19H,4-5,11H2,1-3H3,(H2,16,17). The summed E-state index contributed by atoms with van der Waals surface area (Å²) in [5.41, 5.74) is 6.90. The van der Waals surface area contributed by atoms with Crippen LogP contribution in [0.15, 0.2) is 35.5 Å². The number of amidine groups is 1. The van der Waals surface area contributed by atoms with E-state index in [0.29, 0.717) is 12.5 Å². The molecular formula is C15H25N3O. The van der Waals surface area contributed by atoms with Crippen LogP contribution in [0.2, 0.25) is 0 Å². The molecule has 0 heterocycles. The maximum Gasteiger partial charge on any atom is 0.141 e. The van der Waals surface area contributed by atoms with Gasteiger partial charge in [-0.25, -0.2) is 0 Å². The van der Waals surface area contributed by atoms with E-state index in [4.69, 9.17) is 10.9 Å². The average Bonchev–Trinajstić information content (AvgIpc) is 2.46. The van der Waals surface area contributed by atoms with E-state index in [-0.39, 0.29) is 11.9 Å². The van der Waals surface area contributed by atoms with Crippen LogP contribution in [-0.4, -0.2) is 29.0 Å². The zero-order valence-corrected chi connectivity index (χ0v) is 12.1. The third kappa shape index (κ3) is 4.24. The van der Waals surface area contributed by atoms with Gasteiger partial charge in [0.2, 0.25) is 0 Å². The first kappa shape index (κ1) is 15.5. The molecular weight excluding hydrogens is 238 g/mol. The second kappa shape index (κ2) is 7.79. The number of nitrogens with two attached hydrogens (primary N) is 1. The van der Waals surface area contributed by atoms with Crippen LogP contribution in [0.25, 0.3) is 0 Å². The highest BCUT2D eigenvalue weighted by atomic mass is 16.4. The Hall–Kier alpha value is -1.55. The van der Waals surface area contributed by atoms with Gasteiger partial charge in [0.1, 0.15) is 5.84 Å². The molecule has 0 radical (unpaired) electrons. The van der Waals surface area contributed by atoms with Crippen molar-refractivity contribution >= 4 is 5.84 Å². The van der Waals surface area contributed by atoms with Crippen LogP contribution in [0.1, 0.15) is 44.7 Å². The quantitative estimate of drug-likeness (QED) is 0.344. The summed E-state index contributed by atoms with van der Waals surface area (Å²) in [6.07, 6.45) is 2.71. The predicted molar refractivity (Wildman–Crippen MR) is 79.3 cm³/mol. The van der Waals surface area contributed by atoms with E-state index in [9.17, 15) is 0 Å². The molecule has 0 bridgehead atoms. The fourth-order valence-electron chi connectivity index (χ4n) is 2.53. The number of rotatable bonds is 7. The lowest BCUT2D eigenvalue weighted by Gasteiger charge is -2.34. The summed E-state index contributed by atoms with van der Waals surface area (Å²) in [4.78, 5) is 2.33. The molecule has 1 aromatic rings. The summed E-state index contributed by atoms with van der Waals surface area (Å²) >= 11 is 0. The van der Waals surface area contributed by atoms with Crippen molar-refractivity contribution < 1.29 is 5.21 Å². The van der Waals surface area contributed by atoms with Crippen molar-refractivity contribution in [3.8, 4) is 0 Å². The van der Waals surface area contributed by atoms with Crippen LogP contribution < -0.4 is 5.73 Å². The van der Waals surface area contributed by atoms with Crippen LogP contribution in [-0.2, 0) is 0 Å². The molecule has 1 rings (SSSR count). The van der Waals surface area contributed by atoms with E-state index in [1.807, 2.05) is 18.2 Å². The molecule has 0 amide bonds. The zero-order valence-electron chi connectivity index (χ0n) is 12.1. The SMILES string of the molecule is CCC(CC)N(C)C(CC(N)=NO)c1ccccc1. The molecule has 19 heavy (non-hydrogen) atoms. The molecule has 0 fully saturated rings. The Labute approximate surface area is 115 Å². The van der Waals surface area contributed by atoms with Crippen LogP contribution in [0, 0.1) is 0 Å². The van der Waals surface area contributed by atoms with Gasteiger partial charge in [0.25, 0.3) is 0 Å². The Balaban J connectivity index is 2.98. The summed E-state index contributed by atoms with van der Waals surface area (Å²) in [7, 11) is 2.11. The number of oxime groups is 1. The van der Waals surface area contributed by atoms with Gasteiger partial charge >= 0.3 is 0 Å². The topological polar surface area (TPSA) is 61.8 Å². The van der Waals surface area contributed by atoms with Crippen molar-refractivity contribution in [1.29, 1.82) is 0 Å². The minimum atomic E-state index is 0.141. The summed E-state index contributed by atoms with van der Waals surface area (Å²) in [5, 5.41) is 11.9. The van der Waals surface area contributed by atoms with Gasteiger partial charge in [0, 0.05) is 18.5 Å². The van der Waals surface area contributed by atoms with Gasteiger partial charge in [-0.05, 0) is 25.5 Å². The van der Waals surface area contributed by atoms with Crippen molar-refractivity contribution in [3.63, 3.8) is 0 Å². The minimum Gasteiger partial charge on any atom is -0.409 e. The van der Waals surface area contributed by atoms with Gasteiger partial charge in [-0.3, -0.25) is 4.90 Å². The van der Waals surface area contributed by atoms with E-state index in [0.717, 1.165) is 12.8 Å². The highest BCUT2D eigenvalue weighted by molar-refractivity contribution is 5.80. The Morgan fingerprint density at radius 1 is 1.26 bits per heavy atom. The smallest absolute Gasteiger partial charge is 0.141 e. The van der Waals surface area contributed by atoms with Crippen molar-refractivity contribution in [3.05, 3.63) is 35.9 Å². The summed E-state index contributed by atoms with van der Waals surface area (Å²) < 4.78 is 0. The highest BCUT2D eigenvalue weighted by Gasteiger charge is 2.23. The van der Waals surface area contributed by atoms with Crippen molar-refractivity contribution in [2.24, 2.45) is 10.9 Å². The van der Waals surface area contributed by atoms with Crippen molar-refractivity contribution in [1.82, 2.24) is 4.90 Å². The Bertz CT molecular complexity index is 388. The molecule has 0 aliphatic heterocycles. The minimum absolute atomic E-state index is 0.141. The Morgan fingerprint density at radius 2 is 1.84 bits per heavy atom. The summed E-state index contributed by atoms with van der Waals surface area (Å²) in [6, 6.07) is 10.9. The summed E-state index contributed by atoms with van der Waals surface area (Å²) in [6.45, 7) is 4.38. The molecule has 0 aliphatic rings. The lowest BCUT2D eigenvalue weighted by atomic mass is 9.98. The van der Waals surface area contributed by atoms with E-state index in [1.165, 1.54) is 5.56 Å². The van der Waals surface area contributed by atoms with E-state index in [1.54, 1.807) is 0 Å². The van der Waals surface area contributed by atoms with Crippen LogP contribution in [0.5, 0.6) is 0 Å². The van der Waals surface area contributed by atoms with E-state index < -0.39 is 0 Å². The highest BCUT2D eigenvalue weighted by Crippen LogP contribution is 2.26. The molecule has 1 atom stereocenters. The maximum absolute atomic E-state index is 8.81. The third-order valence-corrected chi connectivity index (χ3v) is 3.73. The molecule has 4 heteroatoms. The number of nitrogens with zero attached hydrogens (tertiary/aromatic N) is 2. The molecule has 1 unspecified atom stereocenters. The second-order valence-electron chi connectivity index (χ2n) is 4.86. The molecule has 0 aromatic heterocycles. The summed E-state index contributed by atoms with van der Waals surface area (Å²) in [5.74, 6) is 0.270. The first-order valence-electron chi connectivity index (χ1n) is 6.87. The first-order chi connectivity index (χ1) is 9.13. The fraction of sp³-hybridized carbons (Fsp3) is 0.533. The van der Waals surface area contributed by atoms with Crippen molar-refractivity contribution in [2.45, 2.75) is 45.2 Å². The van der Waals surface area contributed by atoms with Crippen molar-refractivity contribution in [2.75, 3.05) is 7.05 Å². The molecule has 106 valence electrons. The monoisotopic (exact) mass is 263 g/mol. The normalized spacial score (nSPS) is 14.1. The van der Waals surface area contributed by atoms with Crippen LogP contribution >= 0.6 is 0 Å². The molecule has 1 aromatic carbocycles. The molecule has 0 saturated carbocycles. The number of benzene rings is 1. The Morgan fingerprint density at radius 3 is 2.32 bits per heavy atom. The number of hydrogen-bond donors (Lipinski definition) is 2. The molecule has 0 spiro atoms. The van der Waals surface area contributed by atoms with E-state index in [2.05, 4.69) is 43.1 Å². The molecule has 0 saturated heterocycles. The average molecular weight is 263 g/mol. The zero-order chi connectivity index (χ0) is 14.3. The largest absolute Gasteiger partial charge is 0.409 e. The van der Waals surface area contributed by atoms with Gasteiger partial charge in [0.15, 0.2) is 0 Å². The second-order valence-corrected chi connectivity index (χ2v) is 4.86. The predicted octanol–water partition coefficient (Wildman–Crippen LogP) is 2.98. The molecule has 4 nitrogen and oxygen atoms in total. The van der Waals surface area contributed by atoms with Crippen LogP contribution in [0.4, 0.5) is 0 Å². The lowest BCUT2D eigenvalue weighted by molar-refractivity contribution is 0.166. The molecule has 0 aliphatic carbocycles. The van der Waals surface area contributed by atoms with Gasteiger partial charge in [-0.15, -0.1) is 0 Å². The maximum atomic E-state index is 8.81. The third-order valence-electron chi connectivity index (χ3n) is 3.73. The fourth-order valence-corrected chi connectivity index (χ4v) is 2.53.